The van der Waals surface area contributed by atoms with Crippen molar-refractivity contribution in [3.8, 4) is 0 Å². The minimum Gasteiger partial charge on any atom is -0.480 e. The molecule has 1 aromatic rings. The van der Waals surface area contributed by atoms with Crippen molar-refractivity contribution in [2.24, 2.45) is 0 Å². The third-order valence-corrected chi connectivity index (χ3v) is 4.27. The van der Waals surface area contributed by atoms with Gasteiger partial charge in [0, 0.05) is 0 Å². The Hall–Kier alpha value is -1.56. The van der Waals surface area contributed by atoms with Gasteiger partial charge in [-0.15, -0.1) is 0 Å². The van der Waals surface area contributed by atoms with Gasteiger partial charge in [0.2, 0.25) is 0 Å². The van der Waals surface area contributed by atoms with Crippen molar-refractivity contribution in [3.63, 3.8) is 0 Å². The zero-order valence-corrected chi connectivity index (χ0v) is 9.41. The number of hydrogen-bond donors (Lipinski definition) is 2. The van der Waals surface area contributed by atoms with Gasteiger partial charge in [-0.25, -0.2) is 13.2 Å². The average Bonchev–Trinajstić information content (AvgIpc) is 2.18. The van der Waals surface area contributed by atoms with E-state index in [1.807, 2.05) is 0 Å². The number of nitrogens with one attached hydrogen (secondary N) is 1. The van der Waals surface area contributed by atoms with Gasteiger partial charge in [0.15, 0.2) is 9.84 Å². The average molecular weight is 241 g/mol. The van der Waals surface area contributed by atoms with Crippen LogP contribution in [0.1, 0.15) is 5.56 Å². The largest absolute Gasteiger partial charge is 0.480 e. The van der Waals surface area contributed by atoms with Crippen LogP contribution in [-0.2, 0) is 14.6 Å². The van der Waals surface area contributed by atoms with Gasteiger partial charge in [-0.2, -0.15) is 0 Å². The quantitative estimate of drug-likeness (QED) is 0.754. The van der Waals surface area contributed by atoms with Crippen LogP contribution in [0.25, 0.3) is 0 Å². The molecular weight excluding hydrogens is 230 g/mol. The van der Waals surface area contributed by atoms with Crippen molar-refractivity contribution in [1.82, 2.24) is 0 Å². The number of benzene rings is 1. The lowest BCUT2D eigenvalue weighted by molar-refractivity contribution is -0.137. The molecule has 6 heteroatoms. The summed E-state index contributed by atoms with van der Waals surface area (Å²) in [7, 11) is -3.50. The second-order valence-electron chi connectivity index (χ2n) is 3.82. The standard InChI is InChI=1S/C10H11NO4S/c1-6-2-3-7-9(4-6)16(14,15)5-8(11-7)10(12)13/h2-4,8,11H,5H2,1H3,(H,12,13). The van der Waals surface area contributed by atoms with E-state index in [0.717, 1.165) is 5.56 Å². The first kappa shape index (κ1) is 10.9. The second-order valence-corrected chi connectivity index (χ2v) is 5.82. The molecule has 16 heavy (non-hydrogen) atoms. The Morgan fingerprint density at radius 1 is 1.50 bits per heavy atom. The van der Waals surface area contributed by atoms with E-state index in [1.54, 1.807) is 25.1 Å². The van der Waals surface area contributed by atoms with Crippen LogP contribution in [0.5, 0.6) is 0 Å². The lowest BCUT2D eigenvalue weighted by Gasteiger charge is -2.24. The summed E-state index contributed by atoms with van der Waals surface area (Å²) in [6.45, 7) is 1.79. The highest BCUT2D eigenvalue weighted by Gasteiger charge is 2.33. The highest BCUT2D eigenvalue weighted by molar-refractivity contribution is 7.91. The molecule has 0 bridgehead atoms. The fourth-order valence-corrected chi connectivity index (χ4v) is 3.35. The maximum absolute atomic E-state index is 11.8. The Kier molecular flexibility index (Phi) is 2.38. The Morgan fingerprint density at radius 3 is 2.81 bits per heavy atom. The van der Waals surface area contributed by atoms with E-state index in [4.69, 9.17) is 5.11 Å². The van der Waals surface area contributed by atoms with Gasteiger partial charge in [-0.1, -0.05) is 6.07 Å². The van der Waals surface area contributed by atoms with Crippen LogP contribution in [0.3, 0.4) is 0 Å². The first-order chi connectivity index (χ1) is 7.40. The van der Waals surface area contributed by atoms with Crippen LogP contribution in [0.4, 0.5) is 5.69 Å². The number of hydrogen-bond acceptors (Lipinski definition) is 4. The van der Waals surface area contributed by atoms with Crippen molar-refractivity contribution >= 4 is 21.5 Å². The molecule has 0 spiro atoms. The lowest BCUT2D eigenvalue weighted by Crippen LogP contribution is -2.40. The first-order valence-electron chi connectivity index (χ1n) is 4.73. The number of carbonyl (C=O) groups is 1. The molecule has 5 nitrogen and oxygen atoms in total. The molecule has 0 aliphatic carbocycles. The van der Waals surface area contributed by atoms with E-state index >= 15 is 0 Å². The first-order valence-corrected chi connectivity index (χ1v) is 6.38. The predicted octanol–water partition coefficient (Wildman–Crippen LogP) is 0.647. The number of anilines is 1. The Balaban J connectivity index is 2.56. The van der Waals surface area contributed by atoms with Crippen LogP contribution >= 0.6 is 0 Å². The summed E-state index contributed by atoms with van der Waals surface area (Å²) in [5.74, 6) is -1.56. The summed E-state index contributed by atoms with van der Waals surface area (Å²) in [6.07, 6.45) is 0. The molecule has 2 N–H and O–H groups in total. The molecule has 0 saturated carbocycles. The van der Waals surface area contributed by atoms with Gasteiger partial charge in [0.1, 0.15) is 6.04 Å². The molecular formula is C10H11NO4S. The number of sulfone groups is 1. The molecule has 1 aromatic carbocycles. The van der Waals surface area contributed by atoms with E-state index in [-0.39, 0.29) is 4.90 Å². The van der Waals surface area contributed by atoms with Crippen LogP contribution in [0, 0.1) is 6.92 Å². The number of aryl methyl sites for hydroxylation is 1. The minimum atomic E-state index is -3.50. The van der Waals surface area contributed by atoms with Gasteiger partial charge in [-0.3, -0.25) is 0 Å². The smallest absolute Gasteiger partial charge is 0.327 e. The van der Waals surface area contributed by atoms with Crippen molar-refractivity contribution in [3.05, 3.63) is 23.8 Å². The van der Waals surface area contributed by atoms with Crippen molar-refractivity contribution in [2.75, 3.05) is 11.1 Å². The molecule has 0 radical (unpaired) electrons. The van der Waals surface area contributed by atoms with E-state index < -0.39 is 27.6 Å². The van der Waals surface area contributed by atoms with E-state index in [1.165, 1.54) is 0 Å². The summed E-state index contributed by atoms with van der Waals surface area (Å²) in [5.41, 5.74) is 1.20. The molecule has 1 heterocycles. The molecule has 1 aliphatic rings. The summed E-state index contributed by atoms with van der Waals surface area (Å²) in [4.78, 5) is 11.0. The number of carboxylic acid groups (broad SMARTS) is 1. The Morgan fingerprint density at radius 2 is 2.19 bits per heavy atom. The topological polar surface area (TPSA) is 83.5 Å². The summed E-state index contributed by atoms with van der Waals surface area (Å²) in [5, 5.41) is 11.5. The summed E-state index contributed by atoms with van der Waals surface area (Å²) >= 11 is 0. The van der Waals surface area contributed by atoms with Gasteiger partial charge in [-0.05, 0) is 24.6 Å². The van der Waals surface area contributed by atoms with Crippen LogP contribution in [0.2, 0.25) is 0 Å². The van der Waals surface area contributed by atoms with Crippen LogP contribution in [-0.4, -0.2) is 31.3 Å². The maximum atomic E-state index is 11.8. The number of carboxylic acids is 1. The SMILES string of the molecule is Cc1ccc2c(c1)S(=O)(=O)CC(C(=O)O)N2. The number of rotatable bonds is 1. The normalized spacial score (nSPS) is 21.9. The molecule has 0 aromatic heterocycles. The second kappa shape index (κ2) is 3.48. The molecule has 0 amide bonds. The third-order valence-electron chi connectivity index (χ3n) is 2.49. The highest BCUT2D eigenvalue weighted by Crippen LogP contribution is 2.29. The number of aliphatic carboxylic acids is 1. The minimum absolute atomic E-state index is 0.185. The van der Waals surface area contributed by atoms with Crippen molar-refractivity contribution in [2.45, 2.75) is 17.9 Å². The van der Waals surface area contributed by atoms with Crippen molar-refractivity contribution < 1.29 is 18.3 Å². The number of fused-ring (bicyclic) bond motifs is 1. The molecule has 0 fully saturated rings. The third kappa shape index (κ3) is 1.76. The van der Waals surface area contributed by atoms with Crippen LogP contribution in [0.15, 0.2) is 23.1 Å². The summed E-state index contributed by atoms with van der Waals surface area (Å²) < 4.78 is 23.7. The zero-order chi connectivity index (χ0) is 11.9. The molecule has 2 rings (SSSR count). The summed E-state index contributed by atoms with van der Waals surface area (Å²) in [6, 6.07) is 3.82. The molecule has 1 aliphatic heterocycles. The fourth-order valence-electron chi connectivity index (χ4n) is 1.68. The van der Waals surface area contributed by atoms with E-state index in [0.29, 0.717) is 5.69 Å². The van der Waals surface area contributed by atoms with E-state index in [9.17, 15) is 13.2 Å². The van der Waals surface area contributed by atoms with E-state index in [2.05, 4.69) is 5.32 Å². The maximum Gasteiger partial charge on any atom is 0.327 e. The van der Waals surface area contributed by atoms with Gasteiger partial charge >= 0.3 is 5.97 Å². The van der Waals surface area contributed by atoms with Gasteiger partial charge in [0.25, 0.3) is 0 Å². The van der Waals surface area contributed by atoms with Gasteiger partial charge < -0.3 is 10.4 Å². The Labute approximate surface area is 93.0 Å². The lowest BCUT2D eigenvalue weighted by atomic mass is 10.2. The zero-order valence-electron chi connectivity index (χ0n) is 8.60. The molecule has 1 atom stereocenters. The fraction of sp³-hybridized carbons (Fsp3) is 0.300. The Bertz CT molecular complexity index is 550. The predicted molar refractivity (Wildman–Crippen MR) is 58.3 cm³/mol. The monoisotopic (exact) mass is 241 g/mol. The molecule has 0 saturated heterocycles. The van der Waals surface area contributed by atoms with Gasteiger partial charge in [0.05, 0.1) is 16.3 Å². The van der Waals surface area contributed by atoms with Crippen LogP contribution < -0.4 is 5.32 Å². The van der Waals surface area contributed by atoms with Crippen molar-refractivity contribution in [1.29, 1.82) is 0 Å². The highest BCUT2D eigenvalue weighted by atomic mass is 32.2. The molecule has 86 valence electrons. The molecule has 1 unspecified atom stereocenters.